The molecule has 0 aromatic carbocycles. The summed E-state index contributed by atoms with van der Waals surface area (Å²) >= 11 is 1.48. The number of rotatable bonds is 4. The lowest BCUT2D eigenvalue weighted by atomic mass is 10.1. The van der Waals surface area contributed by atoms with Crippen LogP contribution >= 0.6 is 11.8 Å². The van der Waals surface area contributed by atoms with Gasteiger partial charge in [-0.1, -0.05) is 11.8 Å². The average molecular weight is 281 g/mol. The van der Waals surface area contributed by atoms with Gasteiger partial charge in [0, 0.05) is 32.6 Å². The van der Waals surface area contributed by atoms with Gasteiger partial charge >= 0.3 is 0 Å². The van der Waals surface area contributed by atoms with E-state index in [0.29, 0.717) is 23.3 Å². The first-order chi connectivity index (χ1) is 9.12. The number of aromatic nitrogens is 2. The van der Waals surface area contributed by atoms with Gasteiger partial charge in [0.2, 0.25) is 5.91 Å². The number of nitrogens with two attached hydrogens (primary N) is 1. The maximum atomic E-state index is 11.4. The monoisotopic (exact) mass is 281 g/mol. The van der Waals surface area contributed by atoms with Crippen molar-refractivity contribution in [3.05, 3.63) is 6.07 Å². The molecule has 1 unspecified atom stereocenters. The van der Waals surface area contributed by atoms with E-state index in [4.69, 9.17) is 5.73 Å². The van der Waals surface area contributed by atoms with Gasteiger partial charge in [0.25, 0.3) is 0 Å². The van der Waals surface area contributed by atoms with Crippen LogP contribution in [0.5, 0.6) is 0 Å². The summed E-state index contributed by atoms with van der Waals surface area (Å²) in [6, 6.07) is 1.79. The number of nitrogens with zero attached hydrogens (tertiary/aromatic N) is 3. The summed E-state index contributed by atoms with van der Waals surface area (Å²) in [5.41, 5.74) is 5.78. The molecule has 1 fully saturated rings. The molecule has 104 valence electrons. The topological polar surface area (TPSA) is 84.1 Å². The van der Waals surface area contributed by atoms with Crippen molar-refractivity contribution in [1.82, 2.24) is 15.3 Å². The second-order valence-electron chi connectivity index (χ2n) is 4.62. The Balaban J connectivity index is 2.04. The first kappa shape index (κ1) is 13.9. The molecule has 19 heavy (non-hydrogen) atoms. The quantitative estimate of drug-likeness (QED) is 0.625. The lowest BCUT2D eigenvalue weighted by Crippen LogP contribution is -2.25. The van der Waals surface area contributed by atoms with Crippen LogP contribution in [0.25, 0.3) is 0 Å². The molecule has 0 aliphatic carbocycles. The van der Waals surface area contributed by atoms with Crippen LogP contribution < -0.4 is 16.0 Å². The summed E-state index contributed by atoms with van der Waals surface area (Å²) < 4.78 is 0. The minimum Gasteiger partial charge on any atom is -0.383 e. The molecule has 7 heteroatoms. The minimum atomic E-state index is 0.0962. The Kier molecular flexibility index (Phi) is 4.47. The van der Waals surface area contributed by atoms with Crippen molar-refractivity contribution >= 4 is 29.3 Å². The predicted molar refractivity (Wildman–Crippen MR) is 77.2 cm³/mol. The highest BCUT2D eigenvalue weighted by atomic mass is 32.2. The Morgan fingerprint density at radius 2 is 2.42 bits per heavy atom. The van der Waals surface area contributed by atoms with Crippen LogP contribution in [-0.2, 0) is 4.79 Å². The standard InChI is InChI=1S/C12H19N5OS/c1-14-11(18)5-8-3-4-17(7-8)10-6-9(13)15-12(16-10)19-2/h6,8H,3-5,7H2,1-2H3,(H,14,18)(H2,13,15,16). The van der Waals surface area contributed by atoms with Crippen LogP contribution in [0.3, 0.4) is 0 Å². The van der Waals surface area contributed by atoms with Gasteiger partial charge in [-0.05, 0) is 18.6 Å². The first-order valence-corrected chi connectivity index (χ1v) is 7.49. The Bertz CT molecular complexity index is 467. The molecule has 1 aromatic rings. The molecule has 1 aromatic heterocycles. The van der Waals surface area contributed by atoms with Crippen LogP contribution in [0, 0.1) is 5.92 Å². The molecule has 2 heterocycles. The van der Waals surface area contributed by atoms with E-state index in [2.05, 4.69) is 20.2 Å². The zero-order valence-corrected chi connectivity index (χ0v) is 12.0. The lowest BCUT2D eigenvalue weighted by Gasteiger charge is -2.18. The van der Waals surface area contributed by atoms with E-state index >= 15 is 0 Å². The van der Waals surface area contributed by atoms with Gasteiger partial charge in [0.15, 0.2) is 5.16 Å². The Morgan fingerprint density at radius 1 is 1.63 bits per heavy atom. The number of thioether (sulfide) groups is 1. The van der Waals surface area contributed by atoms with E-state index < -0.39 is 0 Å². The van der Waals surface area contributed by atoms with Crippen molar-refractivity contribution in [2.24, 2.45) is 5.92 Å². The molecule has 0 radical (unpaired) electrons. The fourth-order valence-electron chi connectivity index (χ4n) is 2.26. The van der Waals surface area contributed by atoms with E-state index in [-0.39, 0.29) is 5.91 Å². The lowest BCUT2D eigenvalue weighted by molar-refractivity contribution is -0.121. The number of hydrogen-bond donors (Lipinski definition) is 2. The van der Waals surface area contributed by atoms with Gasteiger partial charge in [-0.15, -0.1) is 0 Å². The third-order valence-corrected chi connectivity index (χ3v) is 3.80. The molecule has 1 aliphatic rings. The van der Waals surface area contributed by atoms with Crippen molar-refractivity contribution in [3.63, 3.8) is 0 Å². The van der Waals surface area contributed by atoms with Crippen molar-refractivity contribution in [3.8, 4) is 0 Å². The van der Waals surface area contributed by atoms with Crippen molar-refractivity contribution < 1.29 is 4.79 Å². The maximum absolute atomic E-state index is 11.4. The van der Waals surface area contributed by atoms with Crippen molar-refractivity contribution in [2.45, 2.75) is 18.0 Å². The number of hydrogen-bond acceptors (Lipinski definition) is 6. The van der Waals surface area contributed by atoms with Crippen LogP contribution in [0.2, 0.25) is 0 Å². The molecular weight excluding hydrogens is 262 g/mol. The Morgan fingerprint density at radius 3 is 3.11 bits per heavy atom. The average Bonchev–Trinajstić information content (AvgIpc) is 2.86. The number of carbonyl (C=O) groups is 1. The molecule has 1 saturated heterocycles. The fraction of sp³-hybridized carbons (Fsp3) is 0.583. The highest BCUT2D eigenvalue weighted by Gasteiger charge is 2.25. The predicted octanol–water partition coefficient (Wildman–Crippen LogP) is 0.743. The van der Waals surface area contributed by atoms with Crippen LogP contribution in [0.1, 0.15) is 12.8 Å². The summed E-state index contributed by atoms with van der Waals surface area (Å²) in [5, 5.41) is 3.35. The van der Waals surface area contributed by atoms with Gasteiger partial charge in [-0.3, -0.25) is 4.79 Å². The molecule has 0 spiro atoms. The zero-order valence-electron chi connectivity index (χ0n) is 11.2. The highest BCUT2D eigenvalue weighted by molar-refractivity contribution is 7.98. The first-order valence-electron chi connectivity index (χ1n) is 6.26. The molecule has 6 nitrogen and oxygen atoms in total. The summed E-state index contributed by atoms with van der Waals surface area (Å²) in [7, 11) is 1.67. The smallest absolute Gasteiger partial charge is 0.220 e. The van der Waals surface area contributed by atoms with Crippen LogP contribution in [-0.4, -0.2) is 42.3 Å². The third kappa shape index (κ3) is 3.50. The normalized spacial score (nSPS) is 18.6. The molecule has 2 rings (SSSR count). The number of nitrogens with one attached hydrogen (secondary N) is 1. The molecule has 1 aliphatic heterocycles. The van der Waals surface area contributed by atoms with Gasteiger partial charge < -0.3 is 16.0 Å². The van der Waals surface area contributed by atoms with Crippen molar-refractivity contribution in [1.29, 1.82) is 0 Å². The number of anilines is 2. The summed E-state index contributed by atoms with van der Waals surface area (Å²) in [5.74, 6) is 1.83. The number of carbonyl (C=O) groups excluding carboxylic acids is 1. The fourth-order valence-corrected chi connectivity index (χ4v) is 2.64. The summed E-state index contributed by atoms with van der Waals surface area (Å²) in [6.07, 6.45) is 3.51. The molecule has 3 N–H and O–H groups in total. The Labute approximate surface area is 117 Å². The molecule has 0 saturated carbocycles. The van der Waals surface area contributed by atoms with E-state index in [1.807, 2.05) is 6.26 Å². The number of amides is 1. The Hall–Kier alpha value is -1.50. The van der Waals surface area contributed by atoms with Crippen molar-refractivity contribution in [2.75, 3.05) is 37.0 Å². The second kappa shape index (κ2) is 6.10. The van der Waals surface area contributed by atoms with E-state index in [1.165, 1.54) is 11.8 Å². The molecule has 1 amide bonds. The summed E-state index contributed by atoms with van der Waals surface area (Å²) in [6.45, 7) is 1.75. The minimum absolute atomic E-state index is 0.0962. The molecular formula is C12H19N5OS. The SMILES string of the molecule is CNC(=O)CC1CCN(c2cc(N)nc(SC)n2)C1. The largest absolute Gasteiger partial charge is 0.383 e. The maximum Gasteiger partial charge on any atom is 0.220 e. The van der Waals surface area contributed by atoms with Gasteiger partial charge in [0.05, 0.1) is 0 Å². The molecule has 0 bridgehead atoms. The van der Waals surface area contributed by atoms with Gasteiger partial charge in [-0.25, -0.2) is 9.97 Å². The van der Waals surface area contributed by atoms with Crippen LogP contribution in [0.15, 0.2) is 11.2 Å². The van der Waals surface area contributed by atoms with E-state index in [1.54, 1.807) is 13.1 Å². The van der Waals surface area contributed by atoms with Gasteiger partial charge in [-0.2, -0.15) is 0 Å². The summed E-state index contributed by atoms with van der Waals surface area (Å²) in [4.78, 5) is 22.2. The van der Waals surface area contributed by atoms with E-state index in [9.17, 15) is 4.79 Å². The van der Waals surface area contributed by atoms with Gasteiger partial charge in [0.1, 0.15) is 11.6 Å². The number of nitrogen functional groups attached to an aromatic ring is 1. The highest BCUT2D eigenvalue weighted by Crippen LogP contribution is 2.26. The van der Waals surface area contributed by atoms with Crippen LogP contribution in [0.4, 0.5) is 11.6 Å². The third-order valence-electron chi connectivity index (χ3n) is 3.26. The van der Waals surface area contributed by atoms with E-state index in [0.717, 1.165) is 25.3 Å². The molecule has 1 atom stereocenters. The second-order valence-corrected chi connectivity index (χ2v) is 5.39. The zero-order chi connectivity index (χ0) is 13.8.